The van der Waals surface area contributed by atoms with Crippen LogP contribution >= 0.6 is 23.2 Å². The highest BCUT2D eigenvalue weighted by Crippen LogP contribution is 2.30. The first kappa shape index (κ1) is 18.2. The van der Waals surface area contributed by atoms with E-state index >= 15 is 0 Å². The monoisotopic (exact) mass is 391 g/mol. The second-order valence-corrected chi connectivity index (χ2v) is 6.29. The first-order chi connectivity index (χ1) is 12.5. The Kier molecular flexibility index (Phi) is 5.39. The highest BCUT2D eigenvalue weighted by molar-refractivity contribution is 6.33. The molecule has 7 nitrogen and oxygen atoms in total. The topological polar surface area (TPSA) is 81.9 Å². The van der Waals surface area contributed by atoms with Gasteiger partial charge in [0.1, 0.15) is 12.1 Å². The summed E-state index contributed by atoms with van der Waals surface area (Å²) >= 11 is 12.5. The van der Waals surface area contributed by atoms with Gasteiger partial charge in [-0.15, -0.1) is 5.10 Å². The van der Waals surface area contributed by atoms with Crippen LogP contribution in [-0.4, -0.2) is 33.2 Å². The first-order valence-corrected chi connectivity index (χ1v) is 8.43. The van der Waals surface area contributed by atoms with Crippen LogP contribution in [0.5, 0.6) is 5.75 Å². The number of nitrogens with one attached hydrogen (secondary N) is 1. The van der Waals surface area contributed by atoms with E-state index in [2.05, 4.69) is 20.8 Å². The van der Waals surface area contributed by atoms with Gasteiger partial charge in [-0.05, 0) is 35.0 Å². The SMILES string of the molecule is COc1cc(-n2cnnn2)c(Cl)cc1C(=O)NC(C)c1ccccc1Cl. The molecule has 1 N–H and O–H groups in total. The summed E-state index contributed by atoms with van der Waals surface area (Å²) in [6.07, 6.45) is 1.40. The summed E-state index contributed by atoms with van der Waals surface area (Å²) in [6.45, 7) is 1.85. The standard InChI is InChI=1S/C17H15Cl2N5O2/c1-10(11-5-3-4-6-13(11)18)21-17(25)12-7-14(19)15(8-16(12)26-2)24-9-20-22-23-24/h3-10H,1-2H3,(H,21,25). The van der Waals surface area contributed by atoms with Crippen molar-refractivity contribution in [2.24, 2.45) is 0 Å². The maximum atomic E-state index is 12.7. The van der Waals surface area contributed by atoms with E-state index in [1.807, 2.05) is 25.1 Å². The van der Waals surface area contributed by atoms with Gasteiger partial charge in [0.05, 0.1) is 29.4 Å². The number of benzene rings is 2. The fraction of sp³-hybridized carbons (Fsp3) is 0.176. The molecule has 0 aliphatic carbocycles. The van der Waals surface area contributed by atoms with Crippen molar-refractivity contribution < 1.29 is 9.53 Å². The van der Waals surface area contributed by atoms with E-state index in [4.69, 9.17) is 27.9 Å². The zero-order chi connectivity index (χ0) is 18.7. The molecule has 9 heteroatoms. The van der Waals surface area contributed by atoms with E-state index in [0.29, 0.717) is 27.0 Å². The number of hydrogen-bond acceptors (Lipinski definition) is 5. The van der Waals surface area contributed by atoms with Crippen LogP contribution < -0.4 is 10.1 Å². The second kappa shape index (κ2) is 7.72. The summed E-state index contributed by atoms with van der Waals surface area (Å²) in [7, 11) is 1.47. The third-order valence-electron chi connectivity index (χ3n) is 3.83. The van der Waals surface area contributed by atoms with Crippen molar-refractivity contribution in [2.75, 3.05) is 7.11 Å². The molecule has 26 heavy (non-hydrogen) atoms. The minimum Gasteiger partial charge on any atom is -0.496 e. The minimum absolute atomic E-state index is 0.293. The maximum Gasteiger partial charge on any atom is 0.255 e. The molecule has 0 spiro atoms. The van der Waals surface area contributed by atoms with Gasteiger partial charge in [-0.3, -0.25) is 4.79 Å². The molecule has 1 heterocycles. The van der Waals surface area contributed by atoms with Gasteiger partial charge in [0.25, 0.3) is 5.91 Å². The molecule has 0 radical (unpaired) electrons. The average molecular weight is 392 g/mol. The molecule has 1 amide bonds. The van der Waals surface area contributed by atoms with Crippen LogP contribution in [0.2, 0.25) is 10.0 Å². The Balaban J connectivity index is 1.90. The summed E-state index contributed by atoms with van der Waals surface area (Å²) in [4.78, 5) is 12.7. The molecule has 0 aliphatic heterocycles. The van der Waals surface area contributed by atoms with E-state index in [1.54, 1.807) is 12.1 Å². The lowest BCUT2D eigenvalue weighted by atomic mass is 10.1. The number of carbonyl (C=O) groups excluding carboxylic acids is 1. The Hall–Kier alpha value is -2.64. The average Bonchev–Trinajstić information content (AvgIpc) is 3.16. The number of methoxy groups -OCH3 is 1. The molecule has 2 aromatic carbocycles. The van der Waals surface area contributed by atoms with Gasteiger partial charge in [-0.25, -0.2) is 0 Å². The zero-order valence-electron chi connectivity index (χ0n) is 14.0. The summed E-state index contributed by atoms with van der Waals surface area (Å²) < 4.78 is 6.73. The van der Waals surface area contributed by atoms with E-state index in [0.717, 1.165) is 5.56 Å². The van der Waals surface area contributed by atoms with Gasteiger partial charge in [0, 0.05) is 11.1 Å². The van der Waals surface area contributed by atoms with Gasteiger partial charge < -0.3 is 10.1 Å². The fourth-order valence-electron chi connectivity index (χ4n) is 2.51. The quantitative estimate of drug-likeness (QED) is 0.719. The highest BCUT2D eigenvalue weighted by atomic mass is 35.5. The van der Waals surface area contributed by atoms with Gasteiger partial charge in [-0.2, -0.15) is 4.68 Å². The van der Waals surface area contributed by atoms with Crippen molar-refractivity contribution in [1.29, 1.82) is 0 Å². The second-order valence-electron chi connectivity index (χ2n) is 5.47. The number of hydrogen-bond donors (Lipinski definition) is 1. The van der Waals surface area contributed by atoms with Crippen LogP contribution in [0.3, 0.4) is 0 Å². The van der Waals surface area contributed by atoms with Crippen LogP contribution in [0.4, 0.5) is 0 Å². The molecule has 3 rings (SSSR count). The van der Waals surface area contributed by atoms with Crippen molar-refractivity contribution in [3.63, 3.8) is 0 Å². The molecule has 134 valence electrons. The fourth-order valence-corrected chi connectivity index (χ4v) is 3.06. The smallest absolute Gasteiger partial charge is 0.255 e. The normalized spacial score (nSPS) is 11.8. The number of ether oxygens (including phenoxy) is 1. The van der Waals surface area contributed by atoms with Crippen molar-refractivity contribution >= 4 is 29.1 Å². The van der Waals surface area contributed by atoms with Gasteiger partial charge in [0.2, 0.25) is 0 Å². The Bertz CT molecular complexity index is 931. The third kappa shape index (κ3) is 3.63. The molecule has 3 aromatic rings. The largest absolute Gasteiger partial charge is 0.496 e. The Morgan fingerprint density at radius 2 is 2.00 bits per heavy atom. The zero-order valence-corrected chi connectivity index (χ0v) is 15.5. The summed E-state index contributed by atoms with van der Waals surface area (Å²) in [5.74, 6) is 0.0168. The maximum absolute atomic E-state index is 12.7. The molecular formula is C17H15Cl2N5O2. The Labute approximate surface area is 159 Å². The van der Waals surface area contributed by atoms with E-state index < -0.39 is 0 Å². The van der Waals surface area contributed by atoms with Crippen LogP contribution in [0.1, 0.15) is 28.9 Å². The molecule has 0 saturated heterocycles. The third-order valence-corrected chi connectivity index (χ3v) is 4.48. The van der Waals surface area contributed by atoms with Crippen molar-refractivity contribution in [1.82, 2.24) is 25.5 Å². The van der Waals surface area contributed by atoms with Crippen LogP contribution in [0.15, 0.2) is 42.7 Å². The number of aromatic nitrogens is 4. The summed E-state index contributed by atoms with van der Waals surface area (Å²) in [6, 6.07) is 10.2. The lowest BCUT2D eigenvalue weighted by molar-refractivity contribution is 0.0937. The Morgan fingerprint density at radius 1 is 1.23 bits per heavy atom. The van der Waals surface area contributed by atoms with Crippen LogP contribution in [0.25, 0.3) is 5.69 Å². The van der Waals surface area contributed by atoms with Gasteiger partial charge in [-0.1, -0.05) is 41.4 Å². The van der Waals surface area contributed by atoms with Gasteiger partial charge >= 0.3 is 0 Å². The number of nitrogens with zero attached hydrogens (tertiary/aromatic N) is 4. The van der Waals surface area contributed by atoms with Crippen molar-refractivity contribution in [2.45, 2.75) is 13.0 Å². The molecule has 0 saturated carbocycles. The predicted octanol–water partition coefficient (Wildman–Crippen LogP) is 3.47. The van der Waals surface area contributed by atoms with E-state index in [-0.39, 0.29) is 11.9 Å². The molecule has 1 atom stereocenters. The number of rotatable bonds is 5. The number of amides is 1. The molecular weight excluding hydrogens is 377 g/mol. The molecule has 1 aromatic heterocycles. The number of tetrazole rings is 1. The molecule has 0 bridgehead atoms. The van der Waals surface area contributed by atoms with Crippen LogP contribution in [0, 0.1) is 0 Å². The lowest BCUT2D eigenvalue weighted by Gasteiger charge is -2.17. The highest BCUT2D eigenvalue weighted by Gasteiger charge is 2.20. The molecule has 0 fully saturated rings. The summed E-state index contributed by atoms with van der Waals surface area (Å²) in [5.41, 5.74) is 1.62. The number of carbonyl (C=O) groups is 1. The van der Waals surface area contributed by atoms with E-state index in [9.17, 15) is 4.79 Å². The lowest BCUT2D eigenvalue weighted by Crippen LogP contribution is -2.27. The van der Waals surface area contributed by atoms with Crippen LogP contribution in [-0.2, 0) is 0 Å². The summed E-state index contributed by atoms with van der Waals surface area (Å²) in [5, 5.41) is 14.7. The minimum atomic E-state index is -0.334. The predicted molar refractivity (Wildman–Crippen MR) is 98.0 cm³/mol. The molecule has 1 unspecified atom stereocenters. The number of halogens is 2. The van der Waals surface area contributed by atoms with Gasteiger partial charge in [0.15, 0.2) is 0 Å². The first-order valence-electron chi connectivity index (χ1n) is 7.67. The van der Waals surface area contributed by atoms with E-state index in [1.165, 1.54) is 24.2 Å². The van der Waals surface area contributed by atoms with Crippen molar-refractivity contribution in [3.05, 3.63) is 63.9 Å². The Morgan fingerprint density at radius 3 is 2.65 bits per heavy atom. The molecule has 0 aliphatic rings. The van der Waals surface area contributed by atoms with Crippen molar-refractivity contribution in [3.8, 4) is 11.4 Å².